The fourth-order valence-electron chi connectivity index (χ4n) is 2.96. The minimum atomic E-state index is -0.533. The van der Waals surface area contributed by atoms with Crippen molar-refractivity contribution < 1.29 is 14.5 Å². The van der Waals surface area contributed by atoms with Crippen LogP contribution in [0.5, 0.6) is 0 Å². The molecule has 0 aliphatic heterocycles. The van der Waals surface area contributed by atoms with Gasteiger partial charge in [-0.25, -0.2) is 0 Å². The molecule has 0 spiro atoms. The van der Waals surface area contributed by atoms with Crippen LogP contribution >= 0.6 is 11.8 Å². The number of nitro benzene ring substituents is 1. The van der Waals surface area contributed by atoms with Crippen LogP contribution in [0.1, 0.15) is 46.4 Å². The average molecular weight is 439 g/mol. The number of rotatable bonds is 9. The molecule has 0 bridgehead atoms. The molecule has 0 saturated carbocycles. The number of aromatic nitrogens is 3. The number of hydrogen-bond acceptors (Lipinski definition) is 7. The van der Waals surface area contributed by atoms with E-state index in [1.165, 1.54) is 30.0 Å². The molecule has 9 nitrogen and oxygen atoms in total. The van der Waals surface area contributed by atoms with Crippen LogP contribution in [0.2, 0.25) is 0 Å². The number of nitrogens with zero attached hydrogens (tertiary/aromatic N) is 4. The fraction of sp³-hybridized carbons (Fsp3) is 0.238. The Kier molecular flexibility index (Phi) is 7.14. The van der Waals surface area contributed by atoms with E-state index in [2.05, 4.69) is 15.5 Å². The van der Waals surface area contributed by atoms with E-state index in [1.54, 1.807) is 30.3 Å². The SMILES string of the molecule is CCn1c(SCC(=O)c2cccc([N+](=O)[O-])c2)nnc1[C@H](C)NC(=O)c1ccccc1. The number of nitrogens with one attached hydrogen (secondary N) is 1. The van der Waals surface area contributed by atoms with Crippen LogP contribution in [0, 0.1) is 10.1 Å². The summed E-state index contributed by atoms with van der Waals surface area (Å²) in [4.78, 5) is 35.3. The Balaban J connectivity index is 1.68. The minimum Gasteiger partial charge on any atom is -0.342 e. The van der Waals surface area contributed by atoms with Crippen molar-refractivity contribution in [2.24, 2.45) is 0 Å². The topological polar surface area (TPSA) is 120 Å². The largest absolute Gasteiger partial charge is 0.342 e. The summed E-state index contributed by atoms with van der Waals surface area (Å²) in [5.74, 6) is 0.182. The third-order valence-electron chi connectivity index (χ3n) is 4.54. The number of non-ortho nitro benzene ring substituents is 1. The normalized spacial score (nSPS) is 11.7. The lowest BCUT2D eigenvalue weighted by Gasteiger charge is -2.15. The average Bonchev–Trinajstić information content (AvgIpc) is 3.21. The number of benzene rings is 2. The lowest BCUT2D eigenvalue weighted by Crippen LogP contribution is -2.28. The quantitative estimate of drug-likeness (QED) is 0.234. The molecule has 3 aromatic rings. The maximum absolute atomic E-state index is 12.5. The Bertz CT molecular complexity index is 1100. The van der Waals surface area contributed by atoms with Gasteiger partial charge in [-0.2, -0.15) is 0 Å². The Labute approximate surface area is 183 Å². The number of ketones is 1. The van der Waals surface area contributed by atoms with Gasteiger partial charge in [0.15, 0.2) is 16.8 Å². The zero-order valence-electron chi connectivity index (χ0n) is 17.0. The minimum absolute atomic E-state index is 0.0596. The van der Waals surface area contributed by atoms with Crippen molar-refractivity contribution in [2.45, 2.75) is 31.6 Å². The zero-order valence-corrected chi connectivity index (χ0v) is 17.8. The standard InChI is InChI=1S/C21H21N5O4S/c1-3-25-19(14(2)22-20(28)15-8-5-4-6-9-15)23-24-21(25)31-13-18(27)16-10-7-11-17(12-16)26(29)30/h4-12,14H,3,13H2,1-2H3,(H,22,28)/t14-/m0/s1. The molecule has 31 heavy (non-hydrogen) atoms. The first-order valence-electron chi connectivity index (χ1n) is 9.60. The van der Waals surface area contributed by atoms with Crippen molar-refractivity contribution in [2.75, 3.05) is 5.75 Å². The van der Waals surface area contributed by atoms with Gasteiger partial charge in [-0.05, 0) is 26.0 Å². The molecular formula is C21H21N5O4S. The van der Waals surface area contributed by atoms with Crippen molar-refractivity contribution in [3.63, 3.8) is 0 Å². The third kappa shape index (κ3) is 5.34. The molecule has 3 rings (SSSR count). The van der Waals surface area contributed by atoms with Crippen LogP contribution in [0.3, 0.4) is 0 Å². The number of amides is 1. The monoisotopic (exact) mass is 439 g/mol. The van der Waals surface area contributed by atoms with Crippen LogP contribution < -0.4 is 5.32 Å². The lowest BCUT2D eigenvalue weighted by molar-refractivity contribution is -0.384. The summed E-state index contributed by atoms with van der Waals surface area (Å²) in [6.07, 6.45) is 0. The van der Waals surface area contributed by atoms with Gasteiger partial charge < -0.3 is 9.88 Å². The van der Waals surface area contributed by atoms with E-state index in [0.29, 0.717) is 23.1 Å². The summed E-state index contributed by atoms with van der Waals surface area (Å²) >= 11 is 1.20. The van der Waals surface area contributed by atoms with Crippen molar-refractivity contribution in [1.29, 1.82) is 0 Å². The van der Waals surface area contributed by atoms with Gasteiger partial charge in [-0.1, -0.05) is 42.1 Å². The summed E-state index contributed by atoms with van der Waals surface area (Å²) in [6.45, 7) is 4.30. The third-order valence-corrected chi connectivity index (χ3v) is 5.51. The second kappa shape index (κ2) is 9.98. The van der Waals surface area contributed by atoms with Gasteiger partial charge in [-0.3, -0.25) is 19.7 Å². The first-order chi connectivity index (χ1) is 14.9. The van der Waals surface area contributed by atoms with Gasteiger partial charge in [0.1, 0.15) is 0 Å². The van der Waals surface area contributed by atoms with Crippen molar-refractivity contribution in [3.8, 4) is 0 Å². The number of carbonyl (C=O) groups is 2. The van der Waals surface area contributed by atoms with E-state index in [-0.39, 0.29) is 34.7 Å². The number of hydrogen-bond donors (Lipinski definition) is 1. The first kappa shape index (κ1) is 22.2. The van der Waals surface area contributed by atoms with E-state index in [4.69, 9.17) is 0 Å². The van der Waals surface area contributed by atoms with E-state index < -0.39 is 4.92 Å². The summed E-state index contributed by atoms with van der Waals surface area (Å²) in [5, 5.41) is 22.7. The molecule has 1 heterocycles. The number of nitro groups is 1. The highest BCUT2D eigenvalue weighted by Gasteiger charge is 2.20. The lowest BCUT2D eigenvalue weighted by atomic mass is 10.1. The highest BCUT2D eigenvalue weighted by molar-refractivity contribution is 7.99. The molecule has 160 valence electrons. The van der Waals surface area contributed by atoms with E-state index in [0.717, 1.165) is 0 Å². The first-order valence-corrected chi connectivity index (χ1v) is 10.6. The van der Waals surface area contributed by atoms with Gasteiger partial charge in [-0.15, -0.1) is 10.2 Å². The summed E-state index contributed by atoms with van der Waals surface area (Å²) in [7, 11) is 0. The molecule has 0 fully saturated rings. The molecule has 2 aromatic carbocycles. The van der Waals surface area contributed by atoms with Gasteiger partial charge in [0.25, 0.3) is 11.6 Å². The zero-order chi connectivity index (χ0) is 22.4. The highest BCUT2D eigenvalue weighted by Crippen LogP contribution is 2.23. The van der Waals surface area contributed by atoms with E-state index >= 15 is 0 Å². The van der Waals surface area contributed by atoms with E-state index in [9.17, 15) is 19.7 Å². The Morgan fingerprint density at radius 1 is 1.13 bits per heavy atom. The summed E-state index contributed by atoms with van der Waals surface area (Å²) in [6, 6.07) is 14.1. The maximum atomic E-state index is 12.5. The fourth-order valence-corrected chi connectivity index (χ4v) is 3.87. The molecule has 0 saturated heterocycles. The van der Waals surface area contributed by atoms with Crippen molar-refractivity contribution in [3.05, 3.63) is 81.7 Å². The molecule has 0 aliphatic carbocycles. The van der Waals surface area contributed by atoms with E-state index in [1.807, 2.05) is 24.5 Å². The molecule has 1 N–H and O–H groups in total. The Morgan fingerprint density at radius 3 is 2.52 bits per heavy atom. The molecular weight excluding hydrogens is 418 g/mol. The molecule has 0 unspecified atom stereocenters. The predicted molar refractivity (Wildman–Crippen MR) is 116 cm³/mol. The van der Waals surface area contributed by atoms with Crippen LogP contribution in [0.4, 0.5) is 5.69 Å². The van der Waals surface area contributed by atoms with Crippen LogP contribution in [0.15, 0.2) is 59.8 Å². The number of thioether (sulfide) groups is 1. The smallest absolute Gasteiger partial charge is 0.270 e. The van der Waals surface area contributed by atoms with Crippen molar-refractivity contribution >= 4 is 29.1 Å². The van der Waals surface area contributed by atoms with Gasteiger partial charge in [0, 0.05) is 29.8 Å². The molecule has 1 aromatic heterocycles. The van der Waals surface area contributed by atoms with Crippen LogP contribution in [-0.2, 0) is 6.54 Å². The second-order valence-electron chi connectivity index (χ2n) is 6.67. The maximum Gasteiger partial charge on any atom is 0.270 e. The van der Waals surface area contributed by atoms with Gasteiger partial charge in [0.2, 0.25) is 0 Å². The second-order valence-corrected chi connectivity index (χ2v) is 7.61. The molecule has 0 radical (unpaired) electrons. The molecule has 1 atom stereocenters. The summed E-state index contributed by atoms with van der Waals surface area (Å²) < 4.78 is 1.83. The van der Waals surface area contributed by atoms with Gasteiger partial charge in [0.05, 0.1) is 16.7 Å². The Hall–Kier alpha value is -3.53. The Morgan fingerprint density at radius 2 is 1.84 bits per heavy atom. The van der Waals surface area contributed by atoms with Crippen LogP contribution in [0.25, 0.3) is 0 Å². The highest BCUT2D eigenvalue weighted by atomic mass is 32.2. The number of Topliss-reactive ketones (excluding diaryl/α,β-unsaturated/α-hetero) is 1. The van der Waals surface area contributed by atoms with Crippen LogP contribution in [-0.4, -0.2) is 37.1 Å². The molecule has 10 heteroatoms. The van der Waals surface area contributed by atoms with Crippen molar-refractivity contribution in [1.82, 2.24) is 20.1 Å². The molecule has 1 amide bonds. The number of carbonyl (C=O) groups excluding carboxylic acids is 2. The summed E-state index contributed by atoms with van der Waals surface area (Å²) in [5.41, 5.74) is 0.694. The van der Waals surface area contributed by atoms with Gasteiger partial charge >= 0.3 is 0 Å². The molecule has 0 aliphatic rings. The predicted octanol–water partition coefficient (Wildman–Crippen LogP) is 3.67.